The Hall–Kier alpha value is -1.39. The van der Waals surface area contributed by atoms with E-state index in [0.29, 0.717) is 18.3 Å². The topological polar surface area (TPSA) is 58.6 Å². The van der Waals surface area contributed by atoms with Gasteiger partial charge in [-0.1, -0.05) is 24.3 Å². The summed E-state index contributed by atoms with van der Waals surface area (Å²) in [5.41, 5.74) is 2.04. The van der Waals surface area contributed by atoms with Crippen molar-refractivity contribution in [2.45, 2.75) is 37.8 Å². The van der Waals surface area contributed by atoms with Crippen LogP contribution in [0.2, 0.25) is 0 Å². The first-order valence-corrected chi connectivity index (χ1v) is 8.39. The van der Waals surface area contributed by atoms with Crippen LogP contribution < -0.4 is 5.32 Å². The minimum atomic E-state index is -0.452. The fourth-order valence-corrected chi connectivity index (χ4v) is 4.21. The molecule has 22 heavy (non-hydrogen) atoms. The third kappa shape index (κ3) is 2.55. The van der Waals surface area contributed by atoms with Gasteiger partial charge in [-0.05, 0) is 42.2 Å². The number of carbonyl (C=O) groups excluding carboxylic acids is 1. The molecule has 4 nitrogen and oxygen atoms in total. The summed E-state index contributed by atoms with van der Waals surface area (Å²) in [6, 6.07) is 7.84. The summed E-state index contributed by atoms with van der Waals surface area (Å²) in [6.45, 7) is 1.69. The summed E-state index contributed by atoms with van der Waals surface area (Å²) in [5.74, 6) is 1.55. The highest BCUT2D eigenvalue weighted by molar-refractivity contribution is 5.82. The Bertz CT molecular complexity index is 567. The number of fused-ring (bicyclic) bond motifs is 1. The highest BCUT2D eigenvalue weighted by Gasteiger charge is 2.48. The molecule has 1 aromatic carbocycles. The monoisotopic (exact) mass is 301 g/mol. The number of carbonyl (C=O) groups is 1. The van der Waals surface area contributed by atoms with E-state index in [1.807, 2.05) is 24.3 Å². The van der Waals surface area contributed by atoms with Crippen molar-refractivity contribution in [1.82, 2.24) is 5.32 Å². The predicted octanol–water partition coefficient (Wildman–Crippen LogP) is 2.34. The minimum absolute atomic E-state index is 0.0327. The first-order chi connectivity index (χ1) is 10.7. The molecule has 2 unspecified atom stereocenters. The van der Waals surface area contributed by atoms with E-state index < -0.39 is 6.10 Å². The second kappa shape index (κ2) is 5.67. The maximum absolute atomic E-state index is 12.5. The van der Waals surface area contributed by atoms with Crippen molar-refractivity contribution in [1.29, 1.82) is 0 Å². The zero-order chi connectivity index (χ0) is 15.1. The van der Waals surface area contributed by atoms with Gasteiger partial charge in [-0.15, -0.1) is 0 Å². The number of ether oxygens (including phenoxy) is 1. The molecule has 3 aliphatic rings. The van der Waals surface area contributed by atoms with Crippen LogP contribution >= 0.6 is 0 Å². The average molecular weight is 301 g/mol. The molecule has 1 saturated heterocycles. The van der Waals surface area contributed by atoms with Gasteiger partial charge in [0.1, 0.15) is 0 Å². The highest BCUT2D eigenvalue weighted by Crippen LogP contribution is 2.48. The fourth-order valence-electron chi connectivity index (χ4n) is 4.21. The van der Waals surface area contributed by atoms with Crippen molar-refractivity contribution >= 4 is 5.91 Å². The van der Waals surface area contributed by atoms with Crippen molar-refractivity contribution < 1.29 is 14.6 Å². The normalized spacial score (nSPS) is 34.2. The molecule has 1 aliphatic heterocycles. The van der Waals surface area contributed by atoms with Crippen LogP contribution in [0.4, 0.5) is 0 Å². The molecule has 2 aliphatic carbocycles. The molecule has 1 aromatic rings. The first kappa shape index (κ1) is 14.2. The third-order valence-corrected chi connectivity index (χ3v) is 5.55. The molecular formula is C18H23NO3. The van der Waals surface area contributed by atoms with Gasteiger partial charge in [0, 0.05) is 25.6 Å². The molecule has 118 valence electrons. The first-order valence-electron chi connectivity index (χ1n) is 8.39. The number of amides is 1. The number of hydrogen-bond donors (Lipinski definition) is 2. The summed E-state index contributed by atoms with van der Waals surface area (Å²) in [5, 5.41) is 13.3. The van der Waals surface area contributed by atoms with Crippen molar-refractivity contribution in [2.75, 3.05) is 13.2 Å². The van der Waals surface area contributed by atoms with Crippen LogP contribution in [-0.4, -0.2) is 24.2 Å². The molecular weight excluding hydrogens is 278 g/mol. The second-order valence-corrected chi connectivity index (χ2v) is 6.90. The van der Waals surface area contributed by atoms with Crippen molar-refractivity contribution in [2.24, 2.45) is 17.8 Å². The van der Waals surface area contributed by atoms with E-state index in [1.54, 1.807) is 0 Å². The highest BCUT2D eigenvalue weighted by atomic mass is 16.5. The van der Waals surface area contributed by atoms with E-state index in [9.17, 15) is 9.90 Å². The number of rotatable bonds is 3. The van der Waals surface area contributed by atoms with Crippen molar-refractivity contribution in [3.8, 4) is 0 Å². The Morgan fingerprint density at radius 2 is 1.86 bits per heavy atom. The zero-order valence-electron chi connectivity index (χ0n) is 12.7. The molecule has 1 saturated carbocycles. The van der Waals surface area contributed by atoms with Crippen LogP contribution in [0.15, 0.2) is 24.3 Å². The molecule has 4 heteroatoms. The lowest BCUT2D eigenvalue weighted by Gasteiger charge is -2.22. The molecule has 1 amide bonds. The summed E-state index contributed by atoms with van der Waals surface area (Å²) in [6.07, 6.45) is 3.36. The predicted molar refractivity (Wildman–Crippen MR) is 82.0 cm³/mol. The molecule has 0 aromatic heterocycles. The molecule has 2 N–H and O–H groups in total. The lowest BCUT2D eigenvalue weighted by atomic mass is 9.93. The van der Waals surface area contributed by atoms with Gasteiger partial charge in [0.05, 0.1) is 12.1 Å². The van der Waals surface area contributed by atoms with E-state index in [2.05, 4.69) is 5.32 Å². The van der Waals surface area contributed by atoms with Gasteiger partial charge in [0.2, 0.25) is 5.91 Å². The number of aliphatic hydroxyl groups is 1. The summed E-state index contributed by atoms with van der Waals surface area (Å²) < 4.78 is 5.40. The molecule has 2 fully saturated rings. The average Bonchev–Trinajstić information content (AvgIpc) is 3.30. The maximum Gasteiger partial charge on any atom is 0.223 e. The van der Waals surface area contributed by atoms with Crippen molar-refractivity contribution in [3.05, 3.63) is 35.4 Å². The maximum atomic E-state index is 12.5. The van der Waals surface area contributed by atoms with Crippen LogP contribution in [0.3, 0.4) is 0 Å². The quantitative estimate of drug-likeness (QED) is 0.901. The smallest absolute Gasteiger partial charge is 0.223 e. The Kier molecular flexibility index (Phi) is 3.66. The fraction of sp³-hybridized carbons (Fsp3) is 0.611. The van der Waals surface area contributed by atoms with Crippen LogP contribution in [0.5, 0.6) is 0 Å². The Morgan fingerprint density at radius 3 is 2.64 bits per heavy atom. The summed E-state index contributed by atoms with van der Waals surface area (Å²) >= 11 is 0. The number of nitrogens with one attached hydrogen (secondary N) is 1. The van der Waals surface area contributed by atoms with Gasteiger partial charge >= 0.3 is 0 Å². The zero-order valence-corrected chi connectivity index (χ0v) is 12.7. The van der Waals surface area contributed by atoms with Gasteiger partial charge in [0.25, 0.3) is 0 Å². The summed E-state index contributed by atoms with van der Waals surface area (Å²) in [7, 11) is 0. The standard InChI is InChI=1S/C18H23NO3/c20-17-10-16(12-3-1-2-4-13(12)17)19-18(21)15-9-14(15)11-5-7-22-8-6-11/h1-4,11,14-17,20H,5-10H2,(H,19,21)/t14-,15+,16?,17?/m0/s1. The van der Waals surface area contributed by atoms with Crippen LogP contribution in [0, 0.1) is 17.8 Å². The molecule has 0 bridgehead atoms. The van der Waals surface area contributed by atoms with Gasteiger partial charge in [-0.2, -0.15) is 0 Å². The summed E-state index contributed by atoms with van der Waals surface area (Å²) in [4.78, 5) is 12.5. The minimum Gasteiger partial charge on any atom is -0.388 e. The Balaban J connectivity index is 1.38. The van der Waals surface area contributed by atoms with E-state index in [0.717, 1.165) is 43.6 Å². The SMILES string of the molecule is O=C(NC1CC(O)c2ccccc21)[C@@H]1C[C@H]1C1CCOCC1. The van der Waals surface area contributed by atoms with Gasteiger partial charge < -0.3 is 15.2 Å². The van der Waals surface area contributed by atoms with Gasteiger partial charge in [0.15, 0.2) is 0 Å². The number of aliphatic hydroxyl groups excluding tert-OH is 1. The van der Waals surface area contributed by atoms with E-state index in [4.69, 9.17) is 4.74 Å². The molecule has 4 rings (SSSR count). The molecule has 1 heterocycles. The number of hydrogen-bond acceptors (Lipinski definition) is 3. The number of benzene rings is 1. The van der Waals surface area contributed by atoms with E-state index >= 15 is 0 Å². The lowest BCUT2D eigenvalue weighted by molar-refractivity contribution is -0.123. The van der Waals surface area contributed by atoms with Gasteiger partial charge in [-0.25, -0.2) is 0 Å². The molecule has 0 spiro atoms. The van der Waals surface area contributed by atoms with Crippen LogP contribution in [-0.2, 0) is 9.53 Å². The molecule has 4 atom stereocenters. The lowest BCUT2D eigenvalue weighted by Crippen LogP contribution is -2.30. The largest absolute Gasteiger partial charge is 0.388 e. The van der Waals surface area contributed by atoms with E-state index in [1.165, 1.54) is 0 Å². The third-order valence-electron chi connectivity index (χ3n) is 5.55. The Labute approximate surface area is 130 Å². The molecule has 0 radical (unpaired) electrons. The van der Waals surface area contributed by atoms with Crippen LogP contribution in [0.25, 0.3) is 0 Å². The van der Waals surface area contributed by atoms with E-state index in [-0.39, 0.29) is 17.9 Å². The Morgan fingerprint density at radius 1 is 1.14 bits per heavy atom. The van der Waals surface area contributed by atoms with Crippen molar-refractivity contribution in [3.63, 3.8) is 0 Å². The van der Waals surface area contributed by atoms with Gasteiger partial charge in [-0.3, -0.25) is 4.79 Å². The van der Waals surface area contributed by atoms with Crippen LogP contribution in [0.1, 0.15) is 49.0 Å². The second-order valence-electron chi connectivity index (χ2n) is 6.90.